The van der Waals surface area contributed by atoms with Gasteiger partial charge in [0.05, 0.1) is 9.92 Å². The molecule has 0 bridgehead atoms. The number of nitrogens with zero attached hydrogens (tertiary/aromatic N) is 1. The molecule has 4 rings (SSSR count). The van der Waals surface area contributed by atoms with Crippen molar-refractivity contribution in [3.8, 4) is 0 Å². The topological polar surface area (TPSA) is 86.7 Å². The summed E-state index contributed by atoms with van der Waals surface area (Å²) in [5.41, 5.74) is 1.19. The number of aliphatic hydroxyl groups is 1. The molecule has 1 heterocycles. The highest BCUT2D eigenvalue weighted by molar-refractivity contribution is 7.89. The van der Waals surface area contributed by atoms with Crippen LogP contribution in [0.1, 0.15) is 28.8 Å². The fourth-order valence-electron chi connectivity index (χ4n) is 4.34. The van der Waals surface area contributed by atoms with Gasteiger partial charge < -0.3 is 10.4 Å². The average molecular weight is 517 g/mol. The second kappa shape index (κ2) is 10.5. The van der Waals surface area contributed by atoms with Gasteiger partial charge in [0.25, 0.3) is 5.91 Å². The van der Waals surface area contributed by atoms with Gasteiger partial charge in [0.2, 0.25) is 10.0 Å². The molecular formula is C26H26ClFN2O4S. The molecule has 1 aliphatic rings. The molecule has 0 aromatic heterocycles. The second-order valence-electron chi connectivity index (χ2n) is 8.84. The van der Waals surface area contributed by atoms with Crippen LogP contribution < -0.4 is 5.32 Å². The minimum Gasteiger partial charge on any atom is -0.396 e. The van der Waals surface area contributed by atoms with E-state index in [1.807, 2.05) is 30.3 Å². The van der Waals surface area contributed by atoms with E-state index in [9.17, 15) is 22.7 Å². The van der Waals surface area contributed by atoms with Crippen molar-refractivity contribution in [1.29, 1.82) is 0 Å². The smallest absolute Gasteiger partial charge is 0.255 e. The van der Waals surface area contributed by atoms with Crippen LogP contribution in [0.4, 0.5) is 10.1 Å². The van der Waals surface area contributed by atoms with E-state index in [0.29, 0.717) is 24.9 Å². The highest BCUT2D eigenvalue weighted by atomic mass is 35.5. The summed E-state index contributed by atoms with van der Waals surface area (Å²) in [5, 5.41) is 12.6. The number of sulfonamides is 1. The van der Waals surface area contributed by atoms with Gasteiger partial charge in [0, 0.05) is 30.9 Å². The zero-order valence-corrected chi connectivity index (χ0v) is 20.5. The first-order valence-corrected chi connectivity index (χ1v) is 13.1. The third-order valence-electron chi connectivity index (χ3n) is 6.45. The summed E-state index contributed by atoms with van der Waals surface area (Å²) in [6.45, 7) is 0.541. The van der Waals surface area contributed by atoms with Gasteiger partial charge in [-0.25, -0.2) is 12.8 Å². The fourth-order valence-corrected chi connectivity index (χ4v) is 6.01. The number of anilines is 1. The molecule has 3 aromatic carbocycles. The number of rotatable bonds is 7. The van der Waals surface area contributed by atoms with Crippen molar-refractivity contribution in [2.24, 2.45) is 5.41 Å². The monoisotopic (exact) mass is 516 g/mol. The Morgan fingerprint density at radius 3 is 2.40 bits per heavy atom. The van der Waals surface area contributed by atoms with Gasteiger partial charge in [-0.1, -0.05) is 48.0 Å². The molecule has 0 spiro atoms. The third kappa shape index (κ3) is 5.73. The van der Waals surface area contributed by atoms with Crippen molar-refractivity contribution < 1.29 is 22.7 Å². The Balaban J connectivity index is 1.47. The summed E-state index contributed by atoms with van der Waals surface area (Å²) in [6, 6.07) is 19.5. The van der Waals surface area contributed by atoms with Gasteiger partial charge in [-0.2, -0.15) is 4.31 Å². The zero-order valence-electron chi connectivity index (χ0n) is 19.0. The number of benzene rings is 3. The van der Waals surface area contributed by atoms with Crippen LogP contribution in [-0.2, 0) is 16.4 Å². The van der Waals surface area contributed by atoms with Gasteiger partial charge in [0.1, 0.15) is 5.82 Å². The Morgan fingerprint density at radius 1 is 1.03 bits per heavy atom. The third-order valence-corrected chi connectivity index (χ3v) is 8.64. The van der Waals surface area contributed by atoms with Crippen LogP contribution >= 0.6 is 11.6 Å². The average Bonchev–Trinajstić information content (AvgIpc) is 2.87. The summed E-state index contributed by atoms with van der Waals surface area (Å²) in [4.78, 5) is 12.7. The minimum absolute atomic E-state index is 0.0150. The molecule has 0 atom stereocenters. The van der Waals surface area contributed by atoms with Gasteiger partial charge in [-0.3, -0.25) is 4.79 Å². The Kier molecular flexibility index (Phi) is 7.56. The lowest BCUT2D eigenvalue weighted by molar-refractivity contribution is 0.0684. The maximum atomic E-state index is 13.4. The maximum absolute atomic E-state index is 13.4. The fraction of sp³-hybridized carbons (Fsp3) is 0.269. The molecule has 2 N–H and O–H groups in total. The maximum Gasteiger partial charge on any atom is 0.255 e. The van der Waals surface area contributed by atoms with E-state index in [1.165, 1.54) is 40.7 Å². The number of halogens is 2. The molecule has 1 amide bonds. The first kappa shape index (κ1) is 25.3. The van der Waals surface area contributed by atoms with Crippen LogP contribution in [0, 0.1) is 11.2 Å². The Bertz CT molecular complexity index is 1310. The van der Waals surface area contributed by atoms with Crippen molar-refractivity contribution in [2.45, 2.75) is 24.2 Å². The van der Waals surface area contributed by atoms with Gasteiger partial charge >= 0.3 is 0 Å². The molecular weight excluding hydrogens is 491 g/mol. The largest absolute Gasteiger partial charge is 0.396 e. The highest BCUT2D eigenvalue weighted by Crippen LogP contribution is 2.36. The number of hydrogen-bond acceptors (Lipinski definition) is 4. The molecule has 6 nitrogen and oxygen atoms in total. The van der Waals surface area contributed by atoms with E-state index in [1.54, 1.807) is 0 Å². The van der Waals surface area contributed by atoms with E-state index < -0.39 is 21.7 Å². The van der Waals surface area contributed by atoms with Crippen LogP contribution in [0.5, 0.6) is 0 Å². The number of nitrogens with one attached hydrogen (secondary N) is 1. The summed E-state index contributed by atoms with van der Waals surface area (Å²) < 4.78 is 41.4. The second-order valence-corrected chi connectivity index (χ2v) is 11.2. The SMILES string of the molecule is O=C(Nc1ccc(F)c(Cl)c1)c1cccc(S(=O)(=O)N2CCC(CO)(Cc3ccccc3)CC2)c1. The Hall–Kier alpha value is -2.78. The summed E-state index contributed by atoms with van der Waals surface area (Å²) in [7, 11) is -3.83. The molecule has 0 radical (unpaired) electrons. The van der Waals surface area contributed by atoms with E-state index in [0.717, 1.165) is 11.6 Å². The van der Waals surface area contributed by atoms with Crippen molar-refractivity contribution in [3.05, 3.63) is 94.8 Å². The Labute approximate surface area is 209 Å². The summed E-state index contributed by atoms with van der Waals surface area (Å²) in [6.07, 6.45) is 1.74. The normalized spacial score (nSPS) is 16.1. The molecule has 9 heteroatoms. The van der Waals surface area contributed by atoms with Crippen LogP contribution in [0.3, 0.4) is 0 Å². The summed E-state index contributed by atoms with van der Waals surface area (Å²) in [5.74, 6) is -1.14. The lowest BCUT2D eigenvalue weighted by atomic mass is 9.75. The van der Waals surface area contributed by atoms with E-state index in [2.05, 4.69) is 5.32 Å². The molecule has 0 aliphatic carbocycles. The predicted molar refractivity (Wildman–Crippen MR) is 133 cm³/mol. The van der Waals surface area contributed by atoms with Crippen LogP contribution in [0.2, 0.25) is 5.02 Å². The van der Waals surface area contributed by atoms with E-state index in [-0.39, 0.29) is 40.6 Å². The number of aliphatic hydroxyl groups excluding tert-OH is 1. The number of piperidine rings is 1. The molecule has 1 saturated heterocycles. The number of hydrogen-bond donors (Lipinski definition) is 2. The van der Waals surface area contributed by atoms with Gasteiger partial charge in [-0.15, -0.1) is 0 Å². The van der Waals surface area contributed by atoms with Gasteiger partial charge in [0.15, 0.2) is 0 Å². The van der Waals surface area contributed by atoms with Crippen molar-refractivity contribution >= 4 is 33.2 Å². The number of amides is 1. The van der Waals surface area contributed by atoms with Crippen LogP contribution in [0.15, 0.2) is 77.7 Å². The molecule has 1 aliphatic heterocycles. The molecule has 0 unspecified atom stereocenters. The first-order chi connectivity index (χ1) is 16.7. The standard InChI is InChI=1S/C26H26ClFN2O4S/c27-23-16-21(9-10-24(23)28)29-25(32)20-7-4-8-22(15-20)35(33,34)30-13-11-26(18-31,12-14-30)17-19-5-2-1-3-6-19/h1-10,15-16,31H,11-14,17-18H2,(H,29,32). The van der Waals surface area contributed by atoms with Crippen LogP contribution in [-0.4, -0.2) is 43.4 Å². The van der Waals surface area contributed by atoms with E-state index in [4.69, 9.17) is 11.6 Å². The first-order valence-electron chi connectivity index (χ1n) is 11.2. The minimum atomic E-state index is -3.83. The lowest BCUT2D eigenvalue weighted by Gasteiger charge is -2.40. The quantitative estimate of drug-likeness (QED) is 0.475. The van der Waals surface area contributed by atoms with Crippen molar-refractivity contribution in [3.63, 3.8) is 0 Å². The molecule has 3 aromatic rings. The number of carbonyl (C=O) groups excluding carboxylic acids is 1. The molecule has 0 saturated carbocycles. The highest BCUT2D eigenvalue weighted by Gasteiger charge is 2.38. The predicted octanol–water partition coefficient (Wildman–Crippen LogP) is 4.74. The number of carbonyl (C=O) groups is 1. The van der Waals surface area contributed by atoms with Crippen molar-refractivity contribution in [1.82, 2.24) is 4.31 Å². The zero-order chi connectivity index (χ0) is 25.1. The van der Waals surface area contributed by atoms with Crippen molar-refractivity contribution in [2.75, 3.05) is 25.0 Å². The van der Waals surface area contributed by atoms with E-state index >= 15 is 0 Å². The Morgan fingerprint density at radius 2 is 1.74 bits per heavy atom. The summed E-state index contributed by atoms with van der Waals surface area (Å²) >= 11 is 5.76. The molecule has 1 fully saturated rings. The van der Waals surface area contributed by atoms with Crippen LogP contribution in [0.25, 0.3) is 0 Å². The lowest BCUT2D eigenvalue weighted by Crippen LogP contribution is -2.45. The molecule has 35 heavy (non-hydrogen) atoms. The van der Waals surface area contributed by atoms with Gasteiger partial charge in [-0.05, 0) is 66.6 Å². The molecule has 184 valence electrons.